The number of carbonyl (C=O) groups is 1. The summed E-state index contributed by atoms with van der Waals surface area (Å²) in [6, 6.07) is 0. The van der Waals surface area contributed by atoms with Crippen LogP contribution in [0.3, 0.4) is 0 Å². The Labute approximate surface area is 173 Å². The fourth-order valence-corrected chi connectivity index (χ4v) is 4.56. The second kappa shape index (κ2) is 5.92. The Morgan fingerprint density at radius 3 is 2.70 bits per heavy atom. The van der Waals surface area contributed by atoms with Gasteiger partial charge in [0.15, 0.2) is 26.5 Å². The minimum atomic E-state index is -0.359. The molecule has 0 aliphatic carbocycles. The van der Waals surface area contributed by atoms with Crippen LogP contribution in [-0.2, 0) is 14.3 Å². The molecule has 4 rings (SSSR count). The molecule has 0 amide bonds. The van der Waals surface area contributed by atoms with Gasteiger partial charge in [0, 0.05) is 0 Å². The van der Waals surface area contributed by atoms with Gasteiger partial charge in [-0.1, -0.05) is 0 Å². The fraction of sp³-hybridized carbons (Fsp3) is 0.0714. The first-order chi connectivity index (χ1) is 11.0. The van der Waals surface area contributed by atoms with Gasteiger partial charge in [0.2, 0.25) is 11.5 Å². The second-order valence-corrected chi connectivity index (χ2v) is 8.45. The molecule has 9 heteroatoms. The molecular formula is C14H4Br2I2O5. The van der Waals surface area contributed by atoms with Crippen molar-refractivity contribution in [3.8, 4) is 5.75 Å². The highest BCUT2D eigenvalue weighted by Crippen LogP contribution is 2.44. The molecule has 3 aliphatic heterocycles. The van der Waals surface area contributed by atoms with E-state index in [1.807, 2.05) is 0 Å². The van der Waals surface area contributed by atoms with Gasteiger partial charge in [-0.3, -0.25) is 4.79 Å². The molecule has 23 heavy (non-hydrogen) atoms. The Morgan fingerprint density at radius 1 is 1.17 bits per heavy atom. The molecule has 0 N–H and O–H groups in total. The van der Waals surface area contributed by atoms with Crippen molar-refractivity contribution < 1.29 is 23.4 Å². The van der Waals surface area contributed by atoms with E-state index in [0.29, 0.717) is 25.9 Å². The van der Waals surface area contributed by atoms with E-state index in [2.05, 4.69) is 77.0 Å². The van der Waals surface area contributed by atoms with Crippen LogP contribution in [0.5, 0.6) is 5.75 Å². The molecule has 1 aromatic heterocycles. The highest BCUT2D eigenvalue weighted by atomic mass is 127. The van der Waals surface area contributed by atoms with Crippen LogP contribution in [-0.4, -0.2) is 9.89 Å². The van der Waals surface area contributed by atoms with Gasteiger partial charge in [-0.05, 0) is 89.2 Å². The molecule has 5 nitrogen and oxygen atoms in total. The Morgan fingerprint density at radius 2 is 1.96 bits per heavy atom. The average Bonchev–Trinajstić information content (AvgIpc) is 3.04. The Balaban J connectivity index is 1.90. The summed E-state index contributed by atoms with van der Waals surface area (Å²) in [7, 11) is 0. The number of Topliss-reactive ketones (excluding diaryl/α,β-unsaturated/α-hetero) is 1. The number of furan rings is 1. The summed E-state index contributed by atoms with van der Waals surface area (Å²) in [4.78, 5) is 12.7. The van der Waals surface area contributed by atoms with E-state index in [0.717, 1.165) is 3.58 Å². The van der Waals surface area contributed by atoms with Gasteiger partial charge in [-0.2, -0.15) is 0 Å². The molecule has 0 radical (unpaired) electrons. The number of ketones is 1. The van der Waals surface area contributed by atoms with Gasteiger partial charge in [-0.15, -0.1) is 0 Å². The normalized spacial score (nSPS) is 24.7. The van der Waals surface area contributed by atoms with Crippen LogP contribution in [0.15, 0.2) is 40.8 Å². The van der Waals surface area contributed by atoms with Gasteiger partial charge >= 0.3 is 0 Å². The number of hydrogen-bond donors (Lipinski definition) is 0. The van der Waals surface area contributed by atoms with Crippen molar-refractivity contribution in [3.05, 3.63) is 47.2 Å². The monoisotopic (exact) mass is 664 g/mol. The highest BCUT2D eigenvalue weighted by molar-refractivity contribution is 14.1. The van der Waals surface area contributed by atoms with E-state index < -0.39 is 0 Å². The van der Waals surface area contributed by atoms with E-state index in [-0.39, 0.29) is 26.8 Å². The molecule has 3 aliphatic rings. The largest absolute Gasteiger partial charge is 0.467 e. The van der Waals surface area contributed by atoms with Gasteiger partial charge in [0.25, 0.3) is 5.78 Å². The van der Waals surface area contributed by atoms with Crippen LogP contribution >= 0.6 is 77.0 Å². The molecule has 0 aromatic carbocycles. The fourth-order valence-electron chi connectivity index (χ4n) is 2.18. The number of fused-ring (bicyclic) bond motifs is 1. The van der Waals surface area contributed by atoms with Gasteiger partial charge in [0.1, 0.15) is 4.47 Å². The zero-order valence-electron chi connectivity index (χ0n) is 10.9. The highest BCUT2D eigenvalue weighted by Gasteiger charge is 2.41. The van der Waals surface area contributed by atoms with Crippen molar-refractivity contribution in [3.63, 3.8) is 0 Å². The van der Waals surface area contributed by atoms with E-state index >= 15 is 0 Å². The number of carbonyl (C=O) groups excluding carboxylic acids is 1. The van der Waals surface area contributed by atoms with Crippen molar-refractivity contribution in [1.29, 1.82) is 0 Å². The number of alkyl halides is 1. The molecular weight excluding hydrogens is 662 g/mol. The maximum atomic E-state index is 12.7. The summed E-state index contributed by atoms with van der Waals surface area (Å²) in [6.45, 7) is 0. The number of halogens is 4. The van der Waals surface area contributed by atoms with E-state index in [1.165, 1.54) is 6.26 Å². The van der Waals surface area contributed by atoms with Crippen molar-refractivity contribution in [2.24, 2.45) is 0 Å². The summed E-state index contributed by atoms with van der Waals surface area (Å²) in [6.07, 6.45) is 4.98. The maximum Gasteiger partial charge on any atom is 0.270 e. The molecule has 0 saturated heterocycles. The van der Waals surface area contributed by atoms with Crippen LogP contribution < -0.4 is 15.6 Å². The van der Waals surface area contributed by atoms with Gasteiger partial charge in [0.05, 0.1) is 14.3 Å². The predicted octanol–water partition coefficient (Wildman–Crippen LogP) is 3.48. The second-order valence-electron chi connectivity index (χ2n) is 4.57. The number of hydrogen-bond acceptors (Lipinski definition) is 5. The van der Waals surface area contributed by atoms with E-state index in [1.54, 1.807) is 12.2 Å². The number of allylic oxidation sites excluding steroid dienone is 2. The summed E-state index contributed by atoms with van der Waals surface area (Å²) in [5.41, 5.74) is 0.790. The molecule has 0 fully saturated rings. The Hall–Kier alpha value is -0.270. The number of ether oxygens (including phenoxy) is 3. The SMILES string of the molecule is O=C1C2=C(OC1=c1oc3c(c1Br)OC=CC=3)C(Br)=C(I)C(I)O2. The van der Waals surface area contributed by atoms with Crippen molar-refractivity contribution in [2.45, 2.75) is 4.11 Å². The van der Waals surface area contributed by atoms with Crippen molar-refractivity contribution >= 4 is 94.7 Å². The zero-order chi connectivity index (χ0) is 16.3. The zero-order valence-corrected chi connectivity index (χ0v) is 18.3. The minimum Gasteiger partial charge on any atom is -0.467 e. The third-order valence-electron chi connectivity index (χ3n) is 3.21. The lowest BCUT2D eigenvalue weighted by Crippen LogP contribution is -2.16. The van der Waals surface area contributed by atoms with Crippen LogP contribution in [0.4, 0.5) is 0 Å². The van der Waals surface area contributed by atoms with Crippen LogP contribution in [0.2, 0.25) is 0 Å². The first kappa shape index (κ1) is 16.2. The van der Waals surface area contributed by atoms with E-state index in [4.69, 9.17) is 18.6 Å². The quantitative estimate of drug-likeness (QED) is 0.314. The summed E-state index contributed by atoms with van der Waals surface area (Å²) >= 11 is 11.1. The number of rotatable bonds is 0. The Kier molecular flexibility index (Phi) is 4.17. The molecule has 1 aromatic rings. The average molecular weight is 666 g/mol. The lowest BCUT2D eigenvalue weighted by Gasteiger charge is -2.19. The molecule has 0 bridgehead atoms. The molecule has 0 spiro atoms. The molecule has 1 atom stereocenters. The maximum absolute atomic E-state index is 12.7. The molecule has 118 valence electrons. The lowest BCUT2D eigenvalue weighted by molar-refractivity contribution is -0.114. The third kappa shape index (κ3) is 2.45. The molecule has 0 saturated carbocycles. The first-order valence-corrected chi connectivity index (χ1v) is 10.1. The predicted molar refractivity (Wildman–Crippen MR) is 105 cm³/mol. The van der Waals surface area contributed by atoms with Gasteiger partial charge in [-0.25, -0.2) is 0 Å². The summed E-state index contributed by atoms with van der Waals surface area (Å²) < 4.78 is 24.4. The summed E-state index contributed by atoms with van der Waals surface area (Å²) in [5, 5.41) is 0. The smallest absolute Gasteiger partial charge is 0.270 e. The van der Waals surface area contributed by atoms with Crippen molar-refractivity contribution in [2.75, 3.05) is 0 Å². The minimum absolute atomic E-state index is 0.0694. The van der Waals surface area contributed by atoms with E-state index in [9.17, 15) is 4.79 Å². The van der Waals surface area contributed by atoms with Crippen molar-refractivity contribution in [1.82, 2.24) is 0 Å². The topological polar surface area (TPSA) is 57.9 Å². The third-order valence-corrected chi connectivity index (χ3v) is 8.63. The summed E-state index contributed by atoms with van der Waals surface area (Å²) in [5.74, 6) is 0.762. The van der Waals surface area contributed by atoms with Crippen LogP contribution in [0.1, 0.15) is 0 Å². The first-order valence-electron chi connectivity index (χ1n) is 6.18. The standard InChI is InChI=1S/C14H4Br2I2O5/c15-5-7(17)14(18)23-13-8(19)12(22-10(5)13)11-6(16)9-4(21-11)2-1-3-20-9/h1-3,14H. The molecule has 1 unspecified atom stereocenters. The lowest BCUT2D eigenvalue weighted by atomic mass is 10.2. The van der Waals surface area contributed by atoms with Crippen LogP contribution in [0.25, 0.3) is 11.8 Å². The Bertz CT molecular complexity index is 970. The molecule has 4 heterocycles. The van der Waals surface area contributed by atoms with Crippen LogP contribution in [0, 0.1) is 0 Å². The van der Waals surface area contributed by atoms with Gasteiger partial charge < -0.3 is 18.6 Å².